The molecule has 0 saturated carbocycles. The summed E-state index contributed by atoms with van der Waals surface area (Å²) in [6.45, 7) is 17.8. The van der Waals surface area contributed by atoms with E-state index in [2.05, 4.69) is 61.8 Å². The van der Waals surface area contributed by atoms with Crippen molar-refractivity contribution in [3.8, 4) is 0 Å². The maximum absolute atomic E-state index is 6.07. The van der Waals surface area contributed by atoms with E-state index in [1.807, 2.05) is 0 Å². The second-order valence-electron chi connectivity index (χ2n) is 16.9. The van der Waals surface area contributed by atoms with Gasteiger partial charge in [0.05, 0.1) is 0 Å². The second kappa shape index (κ2) is 43.1. The lowest BCUT2D eigenvalue weighted by Crippen LogP contribution is -2.41. The highest BCUT2D eigenvalue weighted by Crippen LogP contribution is 2.14. The van der Waals surface area contributed by atoms with Crippen molar-refractivity contribution >= 4 is 0 Å². The topological polar surface area (TPSA) is 58.5 Å². The molecular formula is C48H98N4. The number of allylic oxidation sites excluding steroid dienone is 4. The van der Waals surface area contributed by atoms with Crippen molar-refractivity contribution in [2.75, 3.05) is 52.4 Å². The van der Waals surface area contributed by atoms with Crippen molar-refractivity contribution < 1.29 is 0 Å². The lowest BCUT2D eigenvalue weighted by molar-refractivity contribution is 0.171. The molecule has 0 aromatic carbocycles. The Kier molecular flexibility index (Phi) is 42.5. The number of rotatable bonds is 43. The average Bonchev–Trinajstić information content (AvgIpc) is 3.15. The van der Waals surface area contributed by atoms with Crippen LogP contribution in [0.2, 0.25) is 0 Å². The highest BCUT2D eigenvalue weighted by molar-refractivity contribution is 4.82. The first kappa shape index (κ1) is 51.3. The molecule has 0 bridgehead atoms. The van der Waals surface area contributed by atoms with Crippen LogP contribution in [0.4, 0.5) is 0 Å². The summed E-state index contributed by atoms with van der Waals surface area (Å²) in [4.78, 5) is 5.44. The Bertz CT molecular complexity index is 661. The molecule has 0 aliphatic rings. The SMILES string of the molecule is CCCCCCCCC/C=C\CCCCCCCCN(CCN(CCCCCCCC/C=C\CCCCCCCCC)CC(C)CN)CC(C)CN. The van der Waals surface area contributed by atoms with E-state index >= 15 is 0 Å². The third kappa shape index (κ3) is 39.0. The van der Waals surface area contributed by atoms with E-state index in [0.29, 0.717) is 11.8 Å². The van der Waals surface area contributed by atoms with Gasteiger partial charge in [-0.3, -0.25) is 0 Å². The van der Waals surface area contributed by atoms with Crippen molar-refractivity contribution in [3.63, 3.8) is 0 Å². The van der Waals surface area contributed by atoms with E-state index in [4.69, 9.17) is 11.5 Å². The minimum atomic E-state index is 0.566. The summed E-state index contributed by atoms with van der Waals surface area (Å²) in [5.41, 5.74) is 12.1. The third-order valence-corrected chi connectivity index (χ3v) is 11.1. The monoisotopic (exact) mass is 731 g/mol. The number of hydrogen-bond donors (Lipinski definition) is 2. The summed E-state index contributed by atoms with van der Waals surface area (Å²) in [6.07, 6.45) is 51.1. The molecule has 4 heteroatoms. The molecule has 0 spiro atoms. The summed E-state index contributed by atoms with van der Waals surface area (Å²) < 4.78 is 0. The largest absolute Gasteiger partial charge is 0.330 e. The van der Waals surface area contributed by atoms with E-state index in [1.165, 1.54) is 219 Å². The lowest BCUT2D eigenvalue weighted by Gasteiger charge is -2.30. The summed E-state index contributed by atoms with van der Waals surface area (Å²) in [6, 6.07) is 0. The van der Waals surface area contributed by atoms with Gasteiger partial charge in [-0.25, -0.2) is 0 Å². The first-order valence-electron chi connectivity index (χ1n) is 23.7. The number of hydrogen-bond acceptors (Lipinski definition) is 4. The summed E-state index contributed by atoms with van der Waals surface area (Å²) in [7, 11) is 0. The van der Waals surface area contributed by atoms with Gasteiger partial charge in [0.25, 0.3) is 0 Å². The van der Waals surface area contributed by atoms with Gasteiger partial charge >= 0.3 is 0 Å². The van der Waals surface area contributed by atoms with Gasteiger partial charge < -0.3 is 21.3 Å². The quantitative estimate of drug-likeness (QED) is 0.0484. The van der Waals surface area contributed by atoms with Gasteiger partial charge in [0.2, 0.25) is 0 Å². The normalized spacial score (nSPS) is 13.5. The molecule has 0 saturated heterocycles. The highest BCUT2D eigenvalue weighted by Gasteiger charge is 2.14. The van der Waals surface area contributed by atoms with Gasteiger partial charge in [0.1, 0.15) is 0 Å². The second-order valence-corrected chi connectivity index (χ2v) is 16.9. The Morgan fingerprint density at radius 2 is 0.596 bits per heavy atom. The molecule has 0 aromatic heterocycles. The number of nitrogens with zero attached hydrogens (tertiary/aromatic N) is 2. The molecule has 0 fully saturated rings. The Balaban J connectivity index is 4.12. The fourth-order valence-corrected chi connectivity index (χ4v) is 7.42. The first-order valence-corrected chi connectivity index (χ1v) is 23.7. The minimum absolute atomic E-state index is 0.566. The molecule has 52 heavy (non-hydrogen) atoms. The highest BCUT2D eigenvalue weighted by atomic mass is 15.2. The number of unbranched alkanes of at least 4 members (excludes halogenated alkanes) is 26. The Hall–Kier alpha value is -0.680. The molecule has 0 amide bonds. The van der Waals surface area contributed by atoms with Crippen LogP contribution in [-0.4, -0.2) is 62.2 Å². The number of nitrogens with two attached hydrogens (primary N) is 2. The molecule has 310 valence electrons. The maximum atomic E-state index is 6.07. The molecule has 0 heterocycles. The van der Waals surface area contributed by atoms with E-state index in [1.54, 1.807) is 0 Å². The zero-order valence-electron chi connectivity index (χ0n) is 36.4. The van der Waals surface area contributed by atoms with Crippen molar-refractivity contribution in [3.05, 3.63) is 24.3 Å². The average molecular weight is 731 g/mol. The minimum Gasteiger partial charge on any atom is -0.330 e. The molecule has 4 nitrogen and oxygen atoms in total. The van der Waals surface area contributed by atoms with Gasteiger partial charge in [-0.1, -0.05) is 180 Å². The van der Waals surface area contributed by atoms with E-state index in [0.717, 1.165) is 26.2 Å². The molecular weight excluding hydrogens is 633 g/mol. The molecule has 0 radical (unpaired) electrons. The first-order chi connectivity index (χ1) is 25.6. The Labute approximate surface area is 329 Å². The third-order valence-electron chi connectivity index (χ3n) is 11.1. The fourth-order valence-electron chi connectivity index (χ4n) is 7.42. The smallest absolute Gasteiger partial charge is 0.0109 e. The van der Waals surface area contributed by atoms with Crippen LogP contribution in [0.25, 0.3) is 0 Å². The van der Waals surface area contributed by atoms with Crippen molar-refractivity contribution in [2.45, 2.75) is 220 Å². The zero-order chi connectivity index (χ0) is 38.0. The van der Waals surface area contributed by atoms with E-state index < -0.39 is 0 Å². The molecule has 4 N–H and O–H groups in total. The maximum Gasteiger partial charge on any atom is 0.0109 e. The lowest BCUT2D eigenvalue weighted by atomic mass is 10.1. The van der Waals surface area contributed by atoms with Crippen LogP contribution < -0.4 is 11.5 Å². The summed E-state index contributed by atoms with van der Waals surface area (Å²) in [5.74, 6) is 1.13. The van der Waals surface area contributed by atoms with Crippen LogP contribution in [-0.2, 0) is 0 Å². The van der Waals surface area contributed by atoms with Gasteiger partial charge in [-0.05, 0) is 102 Å². The molecule has 0 aliphatic heterocycles. The van der Waals surface area contributed by atoms with Crippen LogP contribution in [0.1, 0.15) is 220 Å². The molecule has 2 atom stereocenters. The van der Waals surface area contributed by atoms with E-state index in [9.17, 15) is 0 Å². The summed E-state index contributed by atoms with van der Waals surface area (Å²) >= 11 is 0. The molecule has 0 aromatic rings. The van der Waals surface area contributed by atoms with Gasteiger partial charge in [-0.2, -0.15) is 0 Å². The molecule has 2 unspecified atom stereocenters. The summed E-state index contributed by atoms with van der Waals surface area (Å²) in [5, 5.41) is 0. The van der Waals surface area contributed by atoms with Crippen LogP contribution in [0.15, 0.2) is 24.3 Å². The Morgan fingerprint density at radius 1 is 0.346 bits per heavy atom. The molecule has 0 aliphatic carbocycles. The van der Waals surface area contributed by atoms with Gasteiger partial charge in [0.15, 0.2) is 0 Å². The van der Waals surface area contributed by atoms with Crippen LogP contribution in [0.3, 0.4) is 0 Å². The zero-order valence-corrected chi connectivity index (χ0v) is 36.4. The fraction of sp³-hybridized carbons (Fsp3) is 0.917. The predicted octanol–water partition coefficient (Wildman–Crippen LogP) is 13.6. The van der Waals surface area contributed by atoms with Crippen LogP contribution >= 0.6 is 0 Å². The van der Waals surface area contributed by atoms with E-state index in [-0.39, 0.29) is 0 Å². The molecule has 0 rings (SSSR count). The standard InChI is InChI=1S/C48H98N4/c1-5-7-9-11-13-15-17-19-21-23-25-27-29-31-33-35-37-39-51(45-47(3)43-49)41-42-52(46-48(4)44-50)40-38-36-34-32-30-28-26-24-22-20-18-16-14-12-10-8-6-2/h21-24,47-48H,5-20,25-46,49-50H2,1-4H3/b23-21-,24-22-. The van der Waals surface area contributed by atoms with Crippen molar-refractivity contribution in [1.82, 2.24) is 9.80 Å². The predicted molar refractivity (Wildman–Crippen MR) is 237 cm³/mol. The van der Waals surface area contributed by atoms with Gasteiger partial charge in [0, 0.05) is 26.2 Å². The van der Waals surface area contributed by atoms with Gasteiger partial charge in [-0.15, -0.1) is 0 Å². The van der Waals surface area contributed by atoms with Crippen LogP contribution in [0, 0.1) is 11.8 Å². The van der Waals surface area contributed by atoms with Crippen molar-refractivity contribution in [1.29, 1.82) is 0 Å². The van der Waals surface area contributed by atoms with Crippen LogP contribution in [0.5, 0.6) is 0 Å². The Morgan fingerprint density at radius 3 is 0.865 bits per heavy atom. The van der Waals surface area contributed by atoms with Crippen molar-refractivity contribution in [2.24, 2.45) is 23.3 Å².